The molecule has 0 spiro atoms. The second kappa shape index (κ2) is 34.3. The number of aryl methyl sites for hydroxylation is 4. The highest BCUT2D eigenvalue weighted by molar-refractivity contribution is 7.92. The number of nitrogens with one attached hydrogen (secondary N) is 6. The number of hydrogen-bond acceptors (Lipinski definition) is 16. The number of halogens is 6. The SMILES string of the molecule is Cc1cc(-c2cc(NS(C)(=O)=O)ccc2OC2CCC(F)(F)CC2)n2cc[nH]c(=O)c12.Cc1cc(-c2cc(NS(C)(=O)=O)cnc2OC2CCCCC2)n2cc[nH]c(=O)c12.Cc1cc(-c2cc(S(C)(=O)=O)ccc2CC2CCC(F)(F)CC2)n2cc[nH]c(=O)c12.Cc1cc(-c2cc(S(C)(=O)=O)ccc2OC2CCC(F)(F)CC2)n2cc[nH]c(=O)c12. The summed E-state index contributed by atoms with van der Waals surface area (Å²) in [6.45, 7) is 7.29. The standard InChI is InChI=1S/C22H24F2N2O3S.C21H23F2N3O4S.C21H22F2N2O4S.C20H24N4O4S/c1-14-11-19(26-10-9-25-21(27)20(14)26)18-13-17(30(2,28)29)4-3-16(18)12-15-5-7-22(23,24)8-6-15;1-13-11-17(26-10-9-24-20(27)19(13)26)16-12-14(25-31(2,28)29)3-4-18(16)30-15-5-7-21(22,23)8-6-15;1-13-11-17(25-10-9-24-20(26)19(13)25)16-12-15(30(2,27)28)3-4-18(16)29-14-5-7-21(22,23)8-6-14;1-13-10-17(24-9-8-21-19(25)18(13)24)16-11-14(23-29(2,26)27)12-22-20(16)28-15-6-4-3-5-7-15/h3-4,9-11,13,15H,5-8,12H2,1-2H3,(H,25,27);3-4,9-12,15,25H,5-8H2,1-2H3,(H,24,27);3-4,9-12,14H,5-8H2,1-2H3,(H,24,26);8-12,15,23H,3-7H2,1-2H3,(H,21,25). The van der Waals surface area contributed by atoms with E-state index in [2.05, 4.69) is 34.4 Å². The molecule has 3 aromatic carbocycles. The predicted octanol–water partition coefficient (Wildman–Crippen LogP) is 15.3. The van der Waals surface area contributed by atoms with Crippen molar-refractivity contribution in [3.8, 4) is 62.4 Å². The number of alkyl halides is 6. The quantitative estimate of drug-likeness (QED) is 0.0435. The van der Waals surface area contributed by atoms with Gasteiger partial charge in [-0.1, -0.05) is 12.5 Å². The van der Waals surface area contributed by atoms with Crippen LogP contribution < -0.4 is 45.9 Å². The molecule has 4 aliphatic rings. The summed E-state index contributed by atoms with van der Waals surface area (Å²) in [6.07, 6.45) is 24.8. The van der Waals surface area contributed by atoms with Gasteiger partial charge in [-0.3, -0.25) is 28.6 Å². The zero-order valence-corrected chi connectivity index (χ0v) is 70.3. The Kier molecular flexibility index (Phi) is 24.9. The number of ether oxygens (including phenoxy) is 3. The molecule has 36 heteroatoms. The zero-order chi connectivity index (χ0) is 86.3. The Morgan fingerprint density at radius 3 is 1.16 bits per heavy atom. The molecule has 640 valence electrons. The third-order valence-corrected chi connectivity index (χ3v) is 25.5. The number of anilines is 2. The van der Waals surface area contributed by atoms with Gasteiger partial charge in [0.05, 0.1) is 74.7 Å². The molecule has 0 unspecified atom stereocenters. The lowest BCUT2D eigenvalue weighted by molar-refractivity contribution is -0.0584. The Morgan fingerprint density at radius 1 is 0.408 bits per heavy atom. The van der Waals surface area contributed by atoms with Crippen LogP contribution in [0.3, 0.4) is 0 Å². The first-order chi connectivity index (χ1) is 56.4. The largest absolute Gasteiger partial charge is 0.490 e. The van der Waals surface area contributed by atoms with Gasteiger partial charge in [-0.05, 0) is 211 Å². The van der Waals surface area contributed by atoms with E-state index in [1.165, 1.54) is 37.1 Å². The van der Waals surface area contributed by atoms with Gasteiger partial charge in [0.15, 0.2) is 19.7 Å². The first-order valence-electron chi connectivity index (χ1n) is 39.1. The molecule has 4 aliphatic carbocycles. The molecule has 9 heterocycles. The molecule has 9 aromatic heterocycles. The van der Waals surface area contributed by atoms with E-state index in [-0.39, 0.29) is 120 Å². The van der Waals surface area contributed by atoms with E-state index in [0.29, 0.717) is 104 Å². The molecule has 120 heavy (non-hydrogen) atoms. The van der Waals surface area contributed by atoms with Gasteiger partial charge in [0.25, 0.3) is 22.2 Å². The molecular formula is C84H93F6N11O15S4. The maximum Gasteiger partial charge on any atom is 0.272 e. The number of benzene rings is 3. The van der Waals surface area contributed by atoms with Gasteiger partial charge in [0.1, 0.15) is 39.7 Å². The monoisotopic (exact) mass is 1740 g/mol. The molecule has 12 aromatic rings. The summed E-state index contributed by atoms with van der Waals surface area (Å²) in [5.74, 6) is -6.53. The Hall–Kier alpha value is -10.9. The second-order valence-corrected chi connectivity index (χ2v) is 39.2. The van der Waals surface area contributed by atoms with Crippen molar-refractivity contribution in [2.24, 2.45) is 5.92 Å². The van der Waals surface area contributed by atoms with E-state index in [9.17, 15) is 79.2 Å². The van der Waals surface area contributed by atoms with E-state index in [1.54, 1.807) is 123 Å². The maximum absolute atomic E-state index is 13.6. The predicted molar refractivity (Wildman–Crippen MR) is 447 cm³/mol. The van der Waals surface area contributed by atoms with Crippen LogP contribution >= 0.6 is 0 Å². The van der Waals surface area contributed by atoms with E-state index >= 15 is 0 Å². The highest BCUT2D eigenvalue weighted by atomic mass is 32.2. The van der Waals surface area contributed by atoms with Crippen molar-refractivity contribution in [2.75, 3.05) is 34.5 Å². The van der Waals surface area contributed by atoms with Gasteiger partial charge in [-0.25, -0.2) is 65.0 Å². The first kappa shape index (κ1) is 87.0. The highest BCUT2D eigenvalue weighted by Crippen LogP contribution is 2.44. The summed E-state index contributed by atoms with van der Waals surface area (Å²) < 4.78 is 207. The van der Waals surface area contributed by atoms with Crippen LogP contribution in [-0.2, 0) is 46.1 Å². The molecule has 16 rings (SSSR count). The lowest BCUT2D eigenvalue weighted by Crippen LogP contribution is -2.30. The number of hydrogen-bond donors (Lipinski definition) is 6. The van der Waals surface area contributed by atoms with Crippen molar-refractivity contribution in [2.45, 2.75) is 189 Å². The van der Waals surface area contributed by atoms with E-state index < -0.39 is 57.5 Å². The van der Waals surface area contributed by atoms with E-state index in [4.69, 9.17) is 14.2 Å². The van der Waals surface area contributed by atoms with Crippen LogP contribution in [-0.4, -0.2) is 137 Å². The first-order valence-corrected chi connectivity index (χ1v) is 46.7. The molecule has 4 fully saturated rings. The lowest BCUT2D eigenvalue weighted by atomic mass is 9.82. The van der Waals surface area contributed by atoms with Gasteiger partial charge in [-0.15, -0.1) is 0 Å². The summed E-state index contributed by atoms with van der Waals surface area (Å²) in [4.78, 5) is 64.5. The summed E-state index contributed by atoms with van der Waals surface area (Å²) >= 11 is 0. The maximum atomic E-state index is 13.6. The Bertz CT molecular complexity index is 6420. The minimum Gasteiger partial charge on any atom is -0.490 e. The highest BCUT2D eigenvalue weighted by Gasteiger charge is 2.39. The Morgan fingerprint density at radius 2 is 0.750 bits per heavy atom. The van der Waals surface area contributed by atoms with Crippen LogP contribution in [0.25, 0.3) is 67.1 Å². The van der Waals surface area contributed by atoms with E-state index in [1.807, 2.05) is 32.0 Å². The fourth-order valence-electron chi connectivity index (χ4n) is 16.2. The zero-order valence-electron chi connectivity index (χ0n) is 67.1. The molecule has 0 radical (unpaired) electrons. The number of nitrogens with zero attached hydrogens (tertiary/aromatic N) is 5. The van der Waals surface area contributed by atoms with Crippen molar-refractivity contribution in [3.63, 3.8) is 0 Å². The van der Waals surface area contributed by atoms with Gasteiger partial charge >= 0.3 is 0 Å². The molecular weight excluding hydrogens is 1650 g/mol. The second-order valence-electron chi connectivity index (χ2n) is 31.7. The van der Waals surface area contributed by atoms with Crippen LogP contribution in [0.1, 0.15) is 137 Å². The minimum absolute atomic E-state index is 0.0828. The number of aromatic amines is 4. The summed E-state index contributed by atoms with van der Waals surface area (Å²) in [7, 11) is -13.9. The van der Waals surface area contributed by atoms with Crippen LogP contribution in [0.4, 0.5) is 37.7 Å². The molecule has 0 aliphatic heterocycles. The van der Waals surface area contributed by atoms with Crippen molar-refractivity contribution in [1.29, 1.82) is 0 Å². The smallest absolute Gasteiger partial charge is 0.272 e. The number of sulfone groups is 2. The molecule has 0 amide bonds. The molecule has 6 N–H and O–H groups in total. The van der Waals surface area contributed by atoms with Crippen LogP contribution in [0.15, 0.2) is 170 Å². The van der Waals surface area contributed by atoms with Gasteiger partial charge in [0, 0.05) is 123 Å². The normalized spacial score (nSPS) is 16.9. The molecule has 4 saturated carbocycles. The molecule has 0 bridgehead atoms. The minimum atomic E-state index is -3.51. The number of rotatable bonds is 18. The van der Waals surface area contributed by atoms with Gasteiger partial charge < -0.3 is 51.7 Å². The van der Waals surface area contributed by atoms with Crippen LogP contribution in [0.2, 0.25) is 0 Å². The summed E-state index contributed by atoms with van der Waals surface area (Å²) in [6, 6.07) is 23.3. The van der Waals surface area contributed by atoms with Crippen molar-refractivity contribution in [3.05, 3.63) is 210 Å². The number of sulfonamides is 2. The fourth-order valence-corrected chi connectivity index (χ4v) is 18.6. The van der Waals surface area contributed by atoms with E-state index in [0.717, 1.165) is 89.9 Å². The number of H-pyrrole nitrogens is 4. The Labute approximate surface area is 687 Å². The average Bonchev–Trinajstić information content (AvgIpc) is 1.83. The average molecular weight is 1740 g/mol. The third kappa shape index (κ3) is 20.4. The number of pyridine rings is 1. The number of fused-ring (bicyclic) bond motifs is 4. The lowest BCUT2D eigenvalue weighted by Gasteiger charge is -2.29. The van der Waals surface area contributed by atoms with Crippen LogP contribution in [0, 0.1) is 33.6 Å². The molecule has 0 saturated heterocycles. The van der Waals surface area contributed by atoms with Crippen molar-refractivity contribution in [1.82, 2.24) is 42.5 Å². The fraction of sp³-hybridized carbons (Fsp3) is 0.393. The summed E-state index contributed by atoms with van der Waals surface area (Å²) in [5.41, 5.74) is 10.7. The topological polar surface area (TPSA) is 350 Å². The van der Waals surface area contributed by atoms with Crippen molar-refractivity contribution < 1.29 is 74.2 Å². The molecule has 26 nitrogen and oxygen atoms in total. The number of aromatic nitrogens is 9. The third-order valence-electron chi connectivity index (χ3n) is 22.0. The summed E-state index contributed by atoms with van der Waals surface area (Å²) in [5, 5.41) is 0. The van der Waals surface area contributed by atoms with Crippen molar-refractivity contribution >= 4 is 73.2 Å². The van der Waals surface area contributed by atoms with Gasteiger partial charge in [-0.2, -0.15) is 0 Å². The molecule has 0 atom stereocenters. The Balaban J connectivity index is 0.000000138. The van der Waals surface area contributed by atoms with Gasteiger partial charge in [0.2, 0.25) is 43.7 Å². The van der Waals surface area contributed by atoms with Crippen LogP contribution in [0.5, 0.6) is 17.4 Å².